The highest BCUT2D eigenvalue weighted by Crippen LogP contribution is 2.06. The second kappa shape index (κ2) is 4.54. The van der Waals surface area contributed by atoms with Crippen LogP contribution in [0.4, 0.5) is 5.82 Å². The Bertz CT molecular complexity index is 444. The number of anilines is 1. The Morgan fingerprint density at radius 1 is 1.47 bits per heavy atom. The van der Waals surface area contributed by atoms with E-state index >= 15 is 0 Å². The minimum Gasteiger partial charge on any atom is -0.384 e. The van der Waals surface area contributed by atoms with E-state index in [-0.39, 0.29) is 24.0 Å². The summed E-state index contributed by atoms with van der Waals surface area (Å²) < 4.78 is 26.9. The van der Waals surface area contributed by atoms with Gasteiger partial charge >= 0.3 is 0 Å². The molecule has 15 heavy (non-hydrogen) atoms. The largest absolute Gasteiger partial charge is 0.384 e. The highest BCUT2D eigenvalue weighted by atomic mass is 32.2. The molecule has 0 bridgehead atoms. The van der Waals surface area contributed by atoms with Crippen molar-refractivity contribution in [3.8, 4) is 0 Å². The molecule has 0 aliphatic carbocycles. The summed E-state index contributed by atoms with van der Waals surface area (Å²) in [4.78, 5) is 7.85. The topological polar surface area (TPSA) is 95.2 Å². The van der Waals surface area contributed by atoms with Gasteiger partial charge in [0.1, 0.15) is 17.4 Å². The van der Waals surface area contributed by atoms with Crippen LogP contribution in [-0.4, -0.2) is 31.8 Å². The zero-order valence-electron chi connectivity index (χ0n) is 8.60. The first-order chi connectivity index (χ1) is 6.90. The average Bonchev–Trinajstić information content (AvgIpc) is 1.99. The van der Waals surface area contributed by atoms with Gasteiger partial charge < -0.3 is 10.5 Å². The van der Waals surface area contributed by atoms with Gasteiger partial charge in [0.05, 0.1) is 12.3 Å². The van der Waals surface area contributed by atoms with E-state index < -0.39 is 9.84 Å². The van der Waals surface area contributed by atoms with Gasteiger partial charge in [-0.25, -0.2) is 18.4 Å². The van der Waals surface area contributed by atoms with Crippen LogP contribution in [0.5, 0.6) is 0 Å². The van der Waals surface area contributed by atoms with E-state index in [4.69, 9.17) is 10.5 Å². The molecule has 84 valence electrons. The molecule has 6 nitrogen and oxygen atoms in total. The normalized spacial score (nSPS) is 11.6. The number of hydrogen-bond donors (Lipinski definition) is 1. The third-order valence-corrected chi connectivity index (χ3v) is 2.31. The van der Waals surface area contributed by atoms with Crippen molar-refractivity contribution < 1.29 is 13.2 Å². The maximum Gasteiger partial charge on any atom is 0.154 e. The number of sulfone groups is 1. The zero-order valence-corrected chi connectivity index (χ0v) is 9.41. The molecule has 0 atom stereocenters. The van der Waals surface area contributed by atoms with Crippen LogP contribution in [-0.2, 0) is 26.9 Å². The Balaban J connectivity index is 2.98. The maximum absolute atomic E-state index is 11.0. The first kappa shape index (κ1) is 11.9. The molecular weight excluding hydrogens is 218 g/mol. The Morgan fingerprint density at radius 2 is 2.13 bits per heavy atom. The van der Waals surface area contributed by atoms with Crippen LogP contribution in [0.3, 0.4) is 0 Å². The quantitative estimate of drug-likeness (QED) is 0.767. The lowest BCUT2D eigenvalue weighted by Crippen LogP contribution is -2.09. The molecule has 0 radical (unpaired) electrons. The Hall–Kier alpha value is -1.21. The maximum atomic E-state index is 11.0. The molecule has 0 saturated carbocycles. The molecule has 0 fully saturated rings. The standard InChI is InChI=1S/C8H13N3O3S/c1-14-4-6-3-7(9)11-8(10-6)5-15(2,12)13/h3H,4-5H2,1-2H3,(H2,9,10,11). The van der Waals surface area contributed by atoms with Gasteiger partial charge in [-0.2, -0.15) is 0 Å². The van der Waals surface area contributed by atoms with E-state index in [1.54, 1.807) is 6.07 Å². The summed E-state index contributed by atoms with van der Waals surface area (Å²) in [5.41, 5.74) is 6.08. The smallest absolute Gasteiger partial charge is 0.154 e. The summed E-state index contributed by atoms with van der Waals surface area (Å²) in [7, 11) is -1.62. The number of nitrogens with two attached hydrogens (primary N) is 1. The van der Waals surface area contributed by atoms with E-state index in [0.29, 0.717) is 5.69 Å². The van der Waals surface area contributed by atoms with Crippen molar-refractivity contribution in [2.45, 2.75) is 12.4 Å². The molecule has 1 rings (SSSR count). The fourth-order valence-electron chi connectivity index (χ4n) is 1.10. The number of ether oxygens (including phenoxy) is 1. The van der Waals surface area contributed by atoms with Crippen LogP contribution >= 0.6 is 0 Å². The van der Waals surface area contributed by atoms with Gasteiger partial charge in [-0.3, -0.25) is 0 Å². The van der Waals surface area contributed by atoms with Gasteiger partial charge in [-0.1, -0.05) is 0 Å². The molecule has 1 aromatic rings. The first-order valence-corrected chi connectivity index (χ1v) is 6.26. The van der Waals surface area contributed by atoms with Gasteiger partial charge in [0, 0.05) is 19.4 Å². The molecule has 0 amide bonds. The monoisotopic (exact) mass is 231 g/mol. The van der Waals surface area contributed by atoms with Gasteiger partial charge in [0.15, 0.2) is 9.84 Å². The molecular formula is C8H13N3O3S. The lowest BCUT2D eigenvalue weighted by Gasteiger charge is -2.04. The fourth-order valence-corrected chi connectivity index (χ4v) is 1.69. The van der Waals surface area contributed by atoms with Crippen LogP contribution < -0.4 is 5.73 Å². The summed E-state index contributed by atoms with van der Waals surface area (Å²) in [6, 6.07) is 1.55. The fraction of sp³-hybridized carbons (Fsp3) is 0.500. The van der Waals surface area contributed by atoms with E-state index in [9.17, 15) is 8.42 Å². The molecule has 1 heterocycles. The number of aromatic nitrogens is 2. The van der Waals surface area contributed by atoms with Gasteiger partial charge in [-0.15, -0.1) is 0 Å². The minimum absolute atomic E-state index is 0.199. The van der Waals surface area contributed by atoms with Crippen molar-refractivity contribution in [2.24, 2.45) is 0 Å². The number of nitrogen functional groups attached to an aromatic ring is 1. The molecule has 2 N–H and O–H groups in total. The van der Waals surface area contributed by atoms with Crippen molar-refractivity contribution in [3.05, 3.63) is 17.6 Å². The number of rotatable bonds is 4. The highest BCUT2D eigenvalue weighted by molar-refractivity contribution is 7.89. The third kappa shape index (κ3) is 4.22. The molecule has 7 heteroatoms. The molecule has 1 aromatic heterocycles. The van der Waals surface area contributed by atoms with Crippen molar-refractivity contribution in [1.29, 1.82) is 0 Å². The predicted octanol–water partition coefficient (Wildman–Crippen LogP) is -0.250. The predicted molar refractivity (Wildman–Crippen MR) is 55.7 cm³/mol. The molecule has 0 aromatic carbocycles. The van der Waals surface area contributed by atoms with E-state index in [1.165, 1.54) is 7.11 Å². The van der Waals surface area contributed by atoms with Crippen molar-refractivity contribution in [3.63, 3.8) is 0 Å². The molecule has 0 unspecified atom stereocenters. The van der Waals surface area contributed by atoms with Crippen LogP contribution in [0, 0.1) is 0 Å². The molecule has 0 aliphatic heterocycles. The molecule has 0 saturated heterocycles. The van der Waals surface area contributed by atoms with Crippen molar-refractivity contribution in [2.75, 3.05) is 19.1 Å². The lowest BCUT2D eigenvalue weighted by atomic mass is 10.4. The van der Waals surface area contributed by atoms with Gasteiger partial charge in [0.25, 0.3) is 0 Å². The van der Waals surface area contributed by atoms with Crippen LogP contribution in [0.15, 0.2) is 6.07 Å². The van der Waals surface area contributed by atoms with Crippen LogP contribution in [0.25, 0.3) is 0 Å². The Kier molecular flexibility index (Phi) is 3.59. The van der Waals surface area contributed by atoms with E-state index in [1.807, 2.05) is 0 Å². The van der Waals surface area contributed by atoms with Crippen molar-refractivity contribution >= 4 is 15.7 Å². The summed E-state index contributed by atoms with van der Waals surface area (Å²) in [6.07, 6.45) is 1.12. The van der Waals surface area contributed by atoms with Gasteiger partial charge in [0.2, 0.25) is 0 Å². The summed E-state index contributed by atoms with van der Waals surface area (Å²) in [6.45, 7) is 0.281. The van der Waals surface area contributed by atoms with Crippen LogP contribution in [0.2, 0.25) is 0 Å². The van der Waals surface area contributed by atoms with Crippen molar-refractivity contribution in [1.82, 2.24) is 9.97 Å². The third-order valence-electron chi connectivity index (χ3n) is 1.53. The Morgan fingerprint density at radius 3 is 2.67 bits per heavy atom. The second-order valence-electron chi connectivity index (χ2n) is 3.20. The summed E-state index contributed by atoms with van der Waals surface area (Å²) in [5, 5.41) is 0. The van der Waals surface area contributed by atoms with Gasteiger partial charge in [-0.05, 0) is 0 Å². The number of methoxy groups -OCH3 is 1. The second-order valence-corrected chi connectivity index (χ2v) is 5.34. The first-order valence-electron chi connectivity index (χ1n) is 4.19. The summed E-state index contributed by atoms with van der Waals surface area (Å²) in [5.74, 6) is 0.231. The Labute approximate surface area is 88.4 Å². The average molecular weight is 231 g/mol. The zero-order chi connectivity index (χ0) is 11.5. The van der Waals surface area contributed by atoms with E-state index in [2.05, 4.69) is 9.97 Å². The summed E-state index contributed by atoms with van der Waals surface area (Å²) >= 11 is 0. The van der Waals surface area contributed by atoms with Crippen LogP contribution in [0.1, 0.15) is 11.5 Å². The highest BCUT2D eigenvalue weighted by Gasteiger charge is 2.09. The molecule has 0 spiro atoms. The minimum atomic E-state index is -3.15. The number of nitrogens with zero attached hydrogens (tertiary/aromatic N) is 2. The number of hydrogen-bond acceptors (Lipinski definition) is 6. The molecule has 0 aliphatic rings. The SMILES string of the molecule is COCc1cc(N)nc(CS(C)(=O)=O)n1. The lowest BCUT2D eigenvalue weighted by molar-refractivity contribution is 0.181. The van der Waals surface area contributed by atoms with E-state index in [0.717, 1.165) is 6.26 Å².